The average Bonchev–Trinajstić information content (AvgIpc) is 2.87. The van der Waals surface area contributed by atoms with Crippen LogP contribution in [0, 0.1) is 6.92 Å². The molecule has 90 valence electrons. The lowest BCUT2D eigenvalue weighted by molar-refractivity contribution is 0.0660. The van der Waals surface area contributed by atoms with Gasteiger partial charge in [-0.3, -0.25) is 0 Å². The van der Waals surface area contributed by atoms with E-state index >= 15 is 0 Å². The van der Waals surface area contributed by atoms with Crippen molar-refractivity contribution in [1.82, 2.24) is 5.32 Å². The van der Waals surface area contributed by atoms with Gasteiger partial charge in [-0.15, -0.1) is 11.3 Å². The molecule has 2 aromatic rings. The fraction of sp³-hybridized carbons (Fsp3) is 0.250. The summed E-state index contributed by atoms with van der Waals surface area (Å²) in [7, 11) is 0. The second-order valence-electron chi connectivity index (χ2n) is 3.70. The lowest BCUT2D eigenvalue weighted by Gasteiger charge is -2.01. The van der Waals surface area contributed by atoms with Crippen molar-refractivity contribution < 1.29 is 14.3 Å². The van der Waals surface area contributed by atoms with Crippen molar-refractivity contribution in [3.05, 3.63) is 45.5 Å². The minimum atomic E-state index is -1.03. The van der Waals surface area contributed by atoms with E-state index in [1.54, 1.807) is 17.4 Å². The second-order valence-corrected chi connectivity index (χ2v) is 5.07. The van der Waals surface area contributed by atoms with Gasteiger partial charge in [-0.05, 0) is 25.1 Å². The van der Waals surface area contributed by atoms with E-state index in [2.05, 4.69) is 24.4 Å². The topological polar surface area (TPSA) is 62.5 Å². The second kappa shape index (κ2) is 5.16. The van der Waals surface area contributed by atoms with E-state index < -0.39 is 5.97 Å². The Kier molecular flexibility index (Phi) is 3.61. The van der Waals surface area contributed by atoms with E-state index in [0.717, 1.165) is 6.54 Å². The number of hydrogen-bond acceptors (Lipinski definition) is 4. The number of nitrogens with one attached hydrogen (secondary N) is 1. The highest BCUT2D eigenvalue weighted by molar-refractivity contribution is 7.11. The molecule has 0 spiro atoms. The van der Waals surface area contributed by atoms with Gasteiger partial charge in [0.25, 0.3) is 0 Å². The zero-order valence-corrected chi connectivity index (χ0v) is 10.2. The van der Waals surface area contributed by atoms with E-state index in [9.17, 15) is 4.79 Å². The molecule has 0 atom stereocenters. The molecule has 2 heterocycles. The van der Waals surface area contributed by atoms with Crippen LogP contribution in [0.4, 0.5) is 0 Å². The Morgan fingerprint density at radius 2 is 2.24 bits per heavy atom. The predicted molar refractivity (Wildman–Crippen MR) is 65.3 cm³/mol. The zero-order chi connectivity index (χ0) is 12.3. The van der Waals surface area contributed by atoms with Gasteiger partial charge in [0.15, 0.2) is 0 Å². The van der Waals surface area contributed by atoms with Crippen LogP contribution in [-0.2, 0) is 13.1 Å². The van der Waals surface area contributed by atoms with Crippen molar-refractivity contribution >= 4 is 17.3 Å². The fourth-order valence-electron chi connectivity index (χ4n) is 1.56. The third-order valence-electron chi connectivity index (χ3n) is 2.35. The van der Waals surface area contributed by atoms with Crippen LogP contribution in [-0.4, -0.2) is 11.1 Å². The summed E-state index contributed by atoms with van der Waals surface area (Å²) in [6, 6.07) is 5.82. The molecular weight excluding hydrogens is 238 g/mol. The van der Waals surface area contributed by atoms with Gasteiger partial charge in [0.2, 0.25) is 5.76 Å². The SMILES string of the molecule is Cc1ccc(CNCc2ccoc2C(=O)O)s1. The van der Waals surface area contributed by atoms with Gasteiger partial charge in [0, 0.05) is 28.4 Å². The lowest BCUT2D eigenvalue weighted by atomic mass is 10.2. The molecule has 4 nitrogen and oxygen atoms in total. The Hall–Kier alpha value is -1.59. The van der Waals surface area contributed by atoms with Crippen molar-refractivity contribution in [3.63, 3.8) is 0 Å². The van der Waals surface area contributed by atoms with Gasteiger partial charge in [-0.25, -0.2) is 4.79 Å². The molecule has 0 bridgehead atoms. The van der Waals surface area contributed by atoms with E-state index in [4.69, 9.17) is 9.52 Å². The van der Waals surface area contributed by atoms with Crippen molar-refractivity contribution in [2.24, 2.45) is 0 Å². The summed E-state index contributed by atoms with van der Waals surface area (Å²) in [6.45, 7) is 3.30. The minimum Gasteiger partial charge on any atom is -0.475 e. The quantitative estimate of drug-likeness (QED) is 0.857. The standard InChI is InChI=1S/C12H13NO3S/c1-8-2-3-10(17-8)7-13-6-9-4-5-16-11(9)12(14)15/h2-5,13H,6-7H2,1H3,(H,14,15). The molecule has 0 saturated heterocycles. The molecular formula is C12H13NO3S. The van der Waals surface area contributed by atoms with Crippen LogP contribution in [0.5, 0.6) is 0 Å². The highest BCUT2D eigenvalue weighted by atomic mass is 32.1. The summed E-state index contributed by atoms with van der Waals surface area (Å²) in [5.74, 6) is -1.02. The number of carboxylic acids is 1. The highest BCUT2D eigenvalue weighted by Gasteiger charge is 2.13. The van der Waals surface area contributed by atoms with Crippen molar-refractivity contribution in [2.45, 2.75) is 20.0 Å². The van der Waals surface area contributed by atoms with Gasteiger partial charge in [-0.2, -0.15) is 0 Å². The van der Waals surface area contributed by atoms with Crippen LogP contribution >= 0.6 is 11.3 Å². The maximum Gasteiger partial charge on any atom is 0.372 e. The maximum absolute atomic E-state index is 10.8. The molecule has 0 aliphatic rings. The molecule has 0 aromatic carbocycles. The summed E-state index contributed by atoms with van der Waals surface area (Å²) < 4.78 is 4.90. The van der Waals surface area contributed by atoms with Crippen molar-refractivity contribution in [1.29, 1.82) is 0 Å². The molecule has 2 rings (SSSR count). The van der Waals surface area contributed by atoms with Crippen LogP contribution in [0.3, 0.4) is 0 Å². The number of hydrogen-bond donors (Lipinski definition) is 2. The molecule has 17 heavy (non-hydrogen) atoms. The zero-order valence-electron chi connectivity index (χ0n) is 9.40. The summed E-state index contributed by atoms with van der Waals surface area (Å²) in [4.78, 5) is 13.3. The first-order valence-electron chi connectivity index (χ1n) is 5.22. The molecule has 0 aliphatic heterocycles. The van der Waals surface area contributed by atoms with E-state index in [1.165, 1.54) is 16.0 Å². The normalized spacial score (nSPS) is 10.6. The Bertz CT molecular complexity index is 515. The molecule has 0 radical (unpaired) electrons. The highest BCUT2D eigenvalue weighted by Crippen LogP contribution is 2.15. The largest absolute Gasteiger partial charge is 0.475 e. The van der Waals surface area contributed by atoms with Gasteiger partial charge >= 0.3 is 5.97 Å². The van der Waals surface area contributed by atoms with Crippen LogP contribution in [0.25, 0.3) is 0 Å². The van der Waals surface area contributed by atoms with Crippen molar-refractivity contribution in [2.75, 3.05) is 0 Å². The number of rotatable bonds is 5. The van der Waals surface area contributed by atoms with Crippen LogP contribution in [0.1, 0.15) is 25.9 Å². The maximum atomic E-state index is 10.8. The van der Waals surface area contributed by atoms with Gasteiger partial charge in [0.05, 0.1) is 6.26 Å². The Morgan fingerprint density at radius 1 is 1.41 bits per heavy atom. The average molecular weight is 251 g/mol. The molecule has 5 heteroatoms. The summed E-state index contributed by atoms with van der Waals surface area (Å²) >= 11 is 1.73. The van der Waals surface area contributed by atoms with Crippen molar-refractivity contribution in [3.8, 4) is 0 Å². The Morgan fingerprint density at radius 3 is 2.88 bits per heavy atom. The first-order chi connectivity index (χ1) is 8.16. The smallest absolute Gasteiger partial charge is 0.372 e. The summed E-state index contributed by atoms with van der Waals surface area (Å²) in [5.41, 5.74) is 0.672. The number of thiophene rings is 1. The number of carbonyl (C=O) groups is 1. The number of aryl methyl sites for hydroxylation is 1. The molecule has 2 N–H and O–H groups in total. The molecule has 0 amide bonds. The molecule has 0 fully saturated rings. The lowest BCUT2D eigenvalue weighted by Crippen LogP contribution is -2.13. The first-order valence-corrected chi connectivity index (χ1v) is 6.04. The first kappa shape index (κ1) is 11.9. The monoisotopic (exact) mass is 251 g/mol. The molecule has 0 saturated carbocycles. The van der Waals surface area contributed by atoms with E-state index in [0.29, 0.717) is 12.1 Å². The molecule has 2 aromatic heterocycles. The van der Waals surface area contributed by atoms with Crippen LogP contribution in [0.2, 0.25) is 0 Å². The summed E-state index contributed by atoms with van der Waals surface area (Å²) in [6.07, 6.45) is 1.40. The summed E-state index contributed by atoms with van der Waals surface area (Å²) in [5, 5.41) is 12.1. The Labute approximate surface area is 103 Å². The van der Waals surface area contributed by atoms with Crippen LogP contribution < -0.4 is 5.32 Å². The van der Waals surface area contributed by atoms with Gasteiger partial charge < -0.3 is 14.8 Å². The van der Waals surface area contributed by atoms with Gasteiger partial charge in [0.1, 0.15) is 0 Å². The third-order valence-corrected chi connectivity index (χ3v) is 3.35. The third kappa shape index (κ3) is 2.95. The Balaban J connectivity index is 1.90. The van der Waals surface area contributed by atoms with Crippen LogP contribution in [0.15, 0.2) is 28.9 Å². The van der Waals surface area contributed by atoms with Gasteiger partial charge in [-0.1, -0.05) is 0 Å². The number of carboxylic acid groups (broad SMARTS) is 1. The minimum absolute atomic E-state index is 0.0138. The predicted octanol–water partition coefficient (Wildman–Crippen LogP) is 2.64. The number of furan rings is 1. The number of aromatic carboxylic acids is 1. The van der Waals surface area contributed by atoms with E-state index in [1.807, 2.05) is 0 Å². The fourth-order valence-corrected chi connectivity index (χ4v) is 2.42. The molecule has 0 aliphatic carbocycles. The van der Waals surface area contributed by atoms with E-state index in [-0.39, 0.29) is 5.76 Å². The molecule has 0 unspecified atom stereocenters.